The van der Waals surface area contributed by atoms with Crippen LogP contribution in [0.3, 0.4) is 0 Å². The number of hydrogen-bond acceptors (Lipinski definition) is 4. The fourth-order valence-electron chi connectivity index (χ4n) is 2.86. The van der Waals surface area contributed by atoms with E-state index in [2.05, 4.69) is 0 Å². The zero-order chi connectivity index (χ0) is 13.9. The second kappa shape index (κ2) is 6.12. The highest BCUT2D eigenvalue weighted by Crippen LogP contribution is 2.35. The third-order valence-corrected chi connectivity index (χ3v) is 3.68. The van der Waals surface area contributed by atoms with E-state index in [4.69, 9.17) is 4.74 Å². The Labute approximate surface area is 108 Å². The zero-order valence-electron chi connectivity index (χ0n) is 11.6. The Morgan fingerprint density at radius 1 is 1.39 bits per heavy atom. The molecule has 4 nitrogen and oxygen atoms in total. The third-order valence-electron chi connectivity index (χ3n) is 3.68. The van der Waals surface area contributed by atoms with Crippen LogP contribution in [-0.2, 0) is 19.1 Å². The van der Waals surface area contributed by atoms with Crippen LogP contribution in [0.4, 0.5) is 0 Å². The predicted octanol–water partition coefficient (Wildman–Crippen LogP) is 2.01. The Balaban J connectivity index is 3.02. The molecule has 0 aromatic heterocycles. The molecule has 1 saturated carbocycles. The SMILES string of the molecule is CCCC1CC(=O)C(C(C)C)C(=O)C1C(=O)OC. The maximum absolute atomic E-state index is 12.3. The van der Waals surface area contributed by atoms with Gasteiger partial charge in [0.2, 0.25) is 0 Å². The second-order valence-corrected chi connectivity index (χ2v) is 5.34. The van der Waals surface area contributed by atoms with Gasteiger partial charge in [-0.05, 0) is 18.3 Å². The van der Waals surface area contributed by atoms with Gasteiger partial charge in [-0.2, -0.15) is 0 Å². The molecule has 0 aliphatic heterocycles. The van der Waals surface area contributed by atoms with Gasteiger partial charge in [0, 0.05) is 6.42 Å². The summed E-state index contributed by atoms with van der Waals surface area (Å²) in [6.45, 7) is 5.67. The van der Waals surface area contributed by atoms with Crippen molar-refractivity contribution in [3.8, 4) is 0 Å². The highest BCUT2D eigenvalue weighted by molar-refractivity contribution is 6.12. The first-order valence-corrected chi connectivity index (χ1v) is 6.58. The van der Waals surface area contributed by atoms with Crippen molar-refractivity contribution in [1.82, 2.24) is 0 Å². The summed E-state index contributed by atoms with van der Waals surface area (Å²) < 4.78 is 4.73. The van der Waals surface area contributed by atoms with Gasteiger partial charge < -0.3 is 4.74 Å². The van der Waals surface area contributed by atoms with E-state index in [1.54, 1.807) is 0 Å². The van der Waals surface area contributed by atoms with Crippen molar-refractivity contribution in [2.75, 3.05) is 7.11 Å². The van der Waals surface area contributed by atoms with Crippen molar-refractivity contribution in [3.05, 3.63) is 0 Å². The molecule has 1 aliphatic rings. The molecular formula is C14H22O4. The molecule has 0 spiro atoms. The van der Waals surface area contributed by atoms with Crippen molar-refractivity contribution < 1.29 is 19.1 Å². The molecule has 0 bridgehead atoms. The number of hydrogen-bond donors (Lipinski definition) is 0. The normalized spacial score (nSPS) is 28.6. The summed E-state index contributed by atoms with van der Waals surface area (Å²) in [7, 11) is 1.29. The van der Waals surface area contributed by atoms with Crippen LogP contribution in [0.25, 0.3) is 0 Å². The van der Waals surface area contributed by atoms with Crippen LogP contribution in [0.1, 0.15) is 40.0 Å². The summed E-state index contributed by atoms with van der Waals surface area (Å²) in [5.74, 6) is -2.38. The maximum atomic E-state index is 12.3. The minimum atomic E-state index is -0.750. The number of carbonyl (C=O) groups excluding carboxylic acids is 3. The van der Waals surface area contributed by atoms with E-state index in [9.17, 15) is 14.4 Å². The van der Waals surface area contributed by atoms with E-state index in [-0.39, 0.29) is 23.4 Å². The lowest BCUT2D eigenvalue weighted by molar-refractivity contribution is -0.158. The standard InChI is InChI=1S/C14H22O4/c1-5-6-9-7-10(15)11(8(2)3)13(16)12(9)14(17)18-4/h8-9,11-12H,5-7H2,1-4H3. The van der Waals surface area contributed by atoms with E-state index in [1.807, 2.05) is 20.8 Å². The van der Waals surface area contributed by atoms with Crippen LogP contribution in [0.2, 0.25) is 0 Å². The molecule has 0 N–H and O–H groups in total. The molecule has 3 atom stereocenters. The first-order valence-electron chi connectivity index (χ1n) is 6.58. The molecule has 0 radical (unpaired) electrons. The lowest BCUT2D eigenvalue weighted by Gasteiger charge is -2.33. The summed E-state index contributed by atoms with van der Waals surface area (Å²) in [5.41, 5.74) is 0. The minimum absolute atomic E-state index is 0.0198. The van der Waals surface area contributed by atoms with E-state index in [0.29, 0.717) is 12.8 Å². The molecule has 0 heterocycles. The molecule has 18 heavy (non-hydrogen) atoms. The predicted molar refractivity (Wildman–Crippen MR) is 66.9 cm³/mol. The minimum Gasteiger partial charge on any atom is -0.468 e. The van der Waals surface area contributed by atoms with Crippen molar-refractivity contribution in [2.24, 2.45) is 23.7 Å². The number of methoxy groups -OCH3 is 1. The van der Waals surface area contributed by atoms with Crippen LogP contribution in [0, 0.1) is 23.7 Å². The molecule has 1 aliphatic carbocycles. The van der Waals surface area contributed by atoms with E-state index < -0.39 is 17.8 Å². The highest BCUT2D eigenvalue weighted by Gasteiger charge is 2.47. The third kappa shape index (κ3) is 2.79. The van der Waals surface area contributed by atoms with Gasteiger partial charge in [-0.1, -0.05) is 27.2 Å². The lowest BCUT2D eigenvalue weighted by Crippen LogP contribution is -2.47. The molecule has 0 amide bonds. The Hall–Kier alpha value is -1.19. The molecule has 0 aromatic rings. The van der Waals surface area contributed by atoms with Crippen molar-refractivity contribution in [1.29, 1.82) is 0 Å². The number of Topliss-reactive ketones (excluding diaryl/α,β-unsaturated/α-hetero) is 2. The average molecular weight is 254 g/mol. The number of ketones is 2. The fraction of sp³-hybridized carbons (Fsp3) is 0.786. The van der Waals surface area contributed by atoms with Gasteiger partial charge in [0.25, 0.3) is 0 Å². The van der Waals surface area contributed by atoms with Crippen LogP contribution >= 0.6 is 0 Å². The second-order valence-electron chi connectivity index (χ2n) is 5.34. The lowest BCUT2D eigenvalue weighted by atomic mass is 9.67. The van der Waals surface area contributed by atoms with Gasteiger partial charge in [-0.15, -0.1) is 0 Å². The van der Waals surface area contributed by atoms with Crippen molar-refractivity contribution in [3.63, 3.8) is 0 Å². The Morgan fingerprint density at radius 2 is 2.00 bits per heavy atom. The van der Waals surface area contributed by atoms with Crippen LogP contribution in [0.5, 0.6) is 0 Å². The first-order chi connectivity index (χ1) is 8.43. The van der Waals surface area contributed by atoms with Crippen LogP contribution in [0.15, 0.2) is 0 Å². The van der Waals surface area contributed by atoms with Crippen molar-refractivity contribution >= 4 is 17.5 Å². The molecule has 102 valence electrons. The van der Waals surface area contributed by atoms with E-state index >= 15 is 0 Å². The quantitative estimate of drug-likeness (QED) is 0.568. The van der Waals surface area contributed by atoms with Gasteiger partial charge in [-0.25, -0.2) is 0 Å². The van der Waals surface area contributed by atoms with Gasteiger partial charge >= 0.3 is 5.97 Å². The topological polar surface area (TPSA) is 60.4 Å². The summed E-state index contributed by atoms with van der Waals surface area (Å²) in [6, 6.07) is 0. The molecule has 1 rings (SSSR count). The highest BCUT2D eigenvalue weighted by atomic mass is 16.5. The number of esters is 1. The average Bonchev–Trinajstić information content (AvgIpc) is 2.27. The summed E-state index contributed by atoms with van der Waals surface area (Å²) in [5, 5.41) is 0. The van der Waals surface area contributed by atoms with E-state index in [1.165, 1.54) is 7.11 Å². The van der Waals surface area contributed by atoms with Crippen LogP contribution < -0.4 is 0 Å². The summed E-state index contributed by atoms with van der Waals surface area (Å²) in [6.07, 6.45) is 1.88. The van der Waals surface area contributed by atoms with Gasteiger partial charge in [0.15, 0.2) is 5.78 Å². The molecule has 3 unspecified atom stereocenters. The molecule has 0 aromatic carbocycles. The molecule has 0 saturated heterocycles. The van der Waals surface area contributed by atoms with Gasteiger partial charge in [0.05, 0.1) is 13.0 Å². The number of rotatable bonds is 4. The number of carbonyl (C=O) groups is 3. The Kier molecular flexibility index (Phi) is 5.05. The number of ether oxygens (including phenoxy) is 1. The van der Waals surface area contributed by atoms with E-state index in [0.717, 1.165) is 6.42 Å². The first kappa shape index (κ1) is 14.9. The summed E-state index contributed by atoms with van der Waals surface area (Å²) in [4.78, 5) is 36.1. The van der Waals surface area contributed by atoms with Gasteiger partial charge in [0.1, 0.15) is 11.7 Å². The molecule has 4 heteroatoms. The van der Waals surface area contributed by atoms with Crippen molar-refractivity contribution in [2.45, 2.75) is 40.0 Å². The Bertz CT molecular complexity index is 346. The zero-order valence-corrected chi connectivity index (χ0v) is 11.6. The van der Waals surface area contributed by atoms with Gasteiger partial charge in [-0.3, -0.25) is 14.4 Å². The Morgan fingerprint density at radius 3 is 2.44 bits per heavy atom. The summed E-state index contributed by atoms with van der Waals surface area (Å²) >= 11 is 0. The molecule has 1 fully saturated rings. The largest absolute Gasteiger partial charge is 0.468 e. The molecular weight excluding hydrogens is 232 g/mol. The smallest absolute Gasteiger partial charge is 0.316 e. The monoisotopic (exact) mass is 254 g/mol. The van der Waals surface area contributed by atoms with Crippen LogP contribution in [-0.4, -0.2) is 24.6 Å². The fourth-order valence-corrected chi connectivity index (χ4v) is 2.86. The maximum Gasteiger partial charge on any atom is 0.316 e.